The third-order valence-corrected chi connectivity index (χ3v) is 12.7. The number of aromatic hydroxyl groups is 2. The second-order valence-corrected chi connectivity index (χ2v) is 17.7. The predicted octanol–water partition coefficient (Wildman–Crippen LogP) is 15.2. The monoisotopic (exact) mass is 1040 g/mol. The van der Waals surface area contributed by atoms with E-state index in [0.717, 1.165) is 0 Å². The maximum absolute atomic E-state index is 14.4. The molecule has 0 saturated carbocycles. The summed E-state index contributed by atoms with van der Waals surface area (Å²) in [6.45, 7) is 7.83. The Balaban J connectivity index is 0.993. The standard InChI is InChI=1S/C62H54N8O8/c1-5-37-35-52(66-62(76)48-34-40-22-16-18-28-44(40)54(56(48)72)70-68-50-32-20-30-46(58(50)78-8-4)60(74)64-42-25-13-10-14-26-42)38(6-2)36-51(37)65-61(75)47-33-39-21-15-17-27-43(39)53(55(47)71)69-67-49-31-19-29-45(57(49)77-7-3)59(73)63-41-23-11-9-12-24-41/h9-36,71-72H,5-8H2,1-4H3,(H,63,73)(H,64,74)(H,65,75)(H,66,76). The van der Waals surface area contributed by atoms with Crippen molar-refractivity contribution < 1.29 is 38.9 Å². The van der Waals surface area contributed by atoms with Crippen LogP contribution in [0.5, 0.6) is 23.0 Å². The lowest BCUT2D eigenvalue weighted by Crippen LogP contribution is -2.16. The van der Waals surface area contributed by atoms with Crippen LogP contribution in [0.25, 0.3) is 21.5 Å². The van der Waals surface area contributed by atoms with Gasteiger partial charge in [-0.05, 0) is 121 Å². The van der Waals surface area contributed by atoms with Crippen molar-refractivity contribution in [1.82, 2.24) is 0 Å². The van der Waals surface area contributed by atoms with E-state index in [9.17, 15) is 29.4 Å². The van der Waals surface area contributed by atoms with Crippen molar-refractivity contribution in [1.29, 1.82) is 0 Å². The molecule has 16 heteroatoms. The molecule has 0 aliphatic heterocycles. The summed E-state index contributed by atoms with van der Waals surface area (Å²) >= 11 is 0. The number of hydrogen-bond donors (Lipinski definition) is 6. The van der Waals surface area contributed by atoms with Gasteiger partial charge in [0.25, 0.3) is 23.6 Å². The zero-order valence-corrected chi connectivity index (χ0v) is 43.1. The van der Waals surface area contributed by atoms with Crippen LogP contribution in [-0.2, 0) is 12.8 Å². The molecule has 9 rings (SSSR count). The topological polar surface area (TPSA) is 225 Å². The van der Waals surface area contributed by atoms with Crippen molar-refractivity contribution >= 4 is 90.7 Å². The Morgan fingerprint density at radius 2 is 0.782 bits per heavy atom. The molecule has 9 aromatic carbocycles. The number of amides is 4. The second kappa shape index (κ2) is 24.0. The summed E-state index contributed by atoms with van der Waals surface area (Å²) in [6.07, 6.45) is 0.863. The van der Waals surface area contributed by atoms with Gasteiger partial charge >= 0.3 is 0 Å². The lowest BCUT2D eigenvalue weighted by atomic mass is 10.00. The summed E-state index contributed by atoms with van der Waals surface area (Å²) in [6, 6.07) is 48.8. The van der Waals surface area contributed by atoms with Crippen molar-refractivity contribution in [2.45, 2.75) is 40.5 Å². The molecule has 390 valence electrons. The van der Waals surface area contributed by atoms with Crippen LogP contribution in [0.1, 0.15) is 80.3 Å². The van der Waals surface area contributed by atoms with Crippen LogP contribution in [0, 0.1) is 0 Å². The van der Waals surface area contributed by atoms with Gasteiger partial charge in [-0.2, -0.15) is 0 Å². The van der Waals surface area contributed by atoms with E-state index in [1.54, 1.807) is 147 Å². The van der Waals surface area contributed by atoms with Crippen LogP contribution in [0.4, 0.5) is 45.5 Å². The van der Waals surface area contributed by atoms with E-state index in [-0.39, 0.29) is 69.7 Å². The van der Waals surface area contributed by atoms with Crippen LogP contribution >= 0.6 is 0 Å². The summed E-state index contributed by atoms with van der Waals surface area (Å²) in [7, 11) is 0. The number of fused-ring (bicyclic) bond motifs is 2. The number of azo groups is 2. The first-order valence-corrected chi connectivity index (χ1v) is 25.4. The van der Waals surface area contributed by atoms with Gasteiger partial charge in [0.15, 0.2) is 23.0 Å². The highest BCUT2D eigenvalue weighted by atomic mass is 16.5. The van der Waals surface area contributed by atoms with Crippen LogP contribution in [0.15, 0.2) is 190 Å². The van der Waals surface area contributed by atoms with Crippen LogP contribution in [-0.4, -0.2) is 47.1 Å². The van der Waals surface area contributed by atoms with Crippen molar-refractivity contribution in [2.24, 2.45) is 20.5 Å². The van der Waals surface area contributed by atoms with E-state index in [1.165, 1.54) is 0 Å². The third kappa shape index (κ3) is 11.4. The Morgan fingerprint density at radius 1 is 0.410 bits per heavy atom. The smallest absolute Gasteiger partial charge is 0.259 e. The fourth-order valence-electron chi connectivity index (χ4n) is 8.87. The van der Waals surface area contributed by atoms with Gasteiger partial charge in [0.05, 0.1) is 35.5 Å². The molecule has 0 aromatic heterocycles. The van der Waals surface area contributed by atoms with Crippen LogP contribution in [0.3, 0.4) is 0 Å². The fourth-order valence-corrected chi connectivity index (χ4v) is 8.87. The van der Waals surface area contributed by atoms with E-state index in [0.29, 0.717) is 68.3 Å². The highest BCUT2D eigenvalue weighted by molar-refractivity contribution is 6.14. The lowest BCUT2D eigenvalue weighted by Gasteiger charge is -2.18. The number of anilines is 4. The van der Waals surface area contributed by atoms with Gasteiger partial charge < -0.3 is 41.0 Å². The van der Waals surface area contributed by atoms with E-state index < -0.39 is 35.1 Å². The van der Waals surface area contributed by atoms with Crippen molar-refractivity contribution in [2.75, 3.05) is 34.5 Å². The highest BCUT2D eigenvalue weighted by Crippen LogP contribution is 2.44. The van der Waals surface area contributed by atoms with E-state index in [2.05, 4.69) is 41.7 Å². The predicted molar refractivity (Wildman–Crippen MR) is 305 cm³/mol. The number of benzene rings is 9. The van der Waals surface area contributed by atoms with Gasteiger partial charge in [0, 0.05) is 33.5 Å². The fraction of sp³-hybridized carbons (Fsp3) is 0.129. The number of carbonyl (C=O) groups excluding carboxylic acids is 4. The Bertz CT molecular complexity index is 3560. The number of rotatable bonds is 18. The number of nitrogens with zero attached hydrogens (tertiary/aromatic N) is 4. The SMILES string of the molecule is CCOc1c(N=Nc2c(O)c(C(=O)Nc3cc(CC)c(NC(=O)c4cc5ccccc5c(N=Nc5cccc(C(=O)Nc6ccccc6)c5OCC)c4O)cc3CC)cc3ccccc23)cccc1C(=O)Nc1ccccc1. The molecule has 78 heavy (non-hydrogen) atoms. The van der Waals surface area contributed by atoms with Crippen molar-refractivity contribution in [3.05, 3.63) is 203 Å². The van der Waals surface area contributed by atoms with E-state index >= 15 is 0 Å². The molecule has 0 radical (unpaired) electrons. The quantitative estimate of drug-likeness (QED) is 0.0452. The molecule has 6 N–H and O–H groups in total. The summed E-state index contributed by atoms with van der Waals surface area (Å²) in [5, 5.41) is 55.6. The number of para-hydroxylation sites is 4. The zero-order valence-electron chi connectivity index (χ0n) is 43.1. The number of phenolic OH excluding ortho intramolecular Hbond substituents is 2. The zero-order chi connectivity index (χ0) is 54.7. The maximum atomic E-state index is 14.4. The van der Waals surface area contributed by atoms with Gasteiger partial charge in [-0.15, -0.1) is 20.5 Å². The van der Waals surface area contributed by atoms with Gasteiger partial charge in [0.2, 0.25) is 0 Å². The molecule has 0 atom stereocenters. The Kier molecular flexibility index (Phi) is 16.2. The molecule has 0 aliphatic rings. The molecule has 0 spiro atoms. The number of nitrogens with one attached hydrogen (secondary N) is 4. The summed E-state index contributed by atoms with van der Waals surface area (Å²) in [5.41, 5.74) is 4.24. The molecular weight excluding hydrogens is 985 g/mol. The first-order chi connectivity index (χ1) is 38.0. The van der Waals surface area contributed by atoms with E-state index in [1.807, 2.05) is 50.2 Å². The Morgan fingerprint density at radius 3 is 1.17 bits per heavy atom. The third-order valence-electron chi connectivity index (χ3n) is 12.7. The van der Waals surface area contributed by atoms with Gasteiger partial charge in [0.1, 0.15) is 22.7 Å². The molecule has 0 saturated heterocycles. The second-order valence-electron chi connectivity index (χ2n) is 17.7. The lowest BCUT2D eigenvalue weighted by molar-refractivity contribution is 0.101. The first-order valence-electron chi connectivity index (χ1n) is 25.4. The normalized spacial score (nSPS) is 11.2. The summed E-state index contributed by atoms with van der Waals surface area (Å²) < 4.78 is 11.9. The minimum absolute atomic E-state index is 0.0254. The molecule has 0 fully saturated rings. The first kappa shape index (κ1) is 52.6. The highest BCUT2D eigenvalue weighted by Gasteiger charge is 2.24. The average Bonchev–Trinajstić information content (AvgIpc) is 3.47. The average molecular weight is 1040 g/mol. The molecule has 0 bridgehead atoms. The largest absolute Gasteiger partial charge is 0.505 e. The number of phenols is 2. The van der Waals surface area contributed by atoms with Gasteiger partial charge in [-0.1, -0.05) is 111 Å². The Labute approximate surface area is 449 Å². The molecule has 9 aromatic rings. The number of aryl methyl sites for hydroxylation is 2. The number of carbonyl (C=O) groups is 4. The Hall–Kier alpha value is -10.2. The van der Waals surface area contributed by atoms with Crippen molar-refractivity contribution in [3.8, 4) is 23.0 Å². The molecule has 16 nitrogen and oxygen atoms in total. The van der Waals surface area contributed by atoms with Gasteiger partial charge in [-0.3, -0.25) is 19.2 Å². The summed E-state index contributed by atoms with van der Waals surface area (Å²) in [5.74, 6) is -2.55. The molecule has 0 heterocycles. The molecular formula is C62H54N8O8. The minimum Gasteiger partial charge on any atom is -0.505 e. The van der Waals surface area contributed by atoms with Gasteiger partial charge in [-0.25, -0.2) is 0 Å². The van der Waals surface area contributed by atoms with Crippen LogP contribution < -0.4 is 30.7 Å². The van der Waals surface area contributed by atoms with Crippen molar-refractivity contribution in [3.63, 3.8) is 0 Å². The molecule has 0 unspecified atom stereocenters. The minimum atomic E-state index is -0.629. The number of hydrogen-bond acceptors (Lipinski definition) is 12. The maximum Gasteiger partial charge on any atom is 0.259 e. The molecule has 0 aliphatic carbocycles. The summed E-state index contributed by atoms with van der Waals surface area (Å²) in [4.78, 5) is 55.6. The molecule has 4 amide bonds. The number of ether oxygens (including phenoxy) is 2. The van der Waals surface area contributed by atoms with E-state index in [4.69, 9.17) is 9.47 Å². The van der Waals surface area contributed by atoms with Crippen LogP contribution in [0.2, 0.25) is 0 Å².